The lowest BCUT2D eigenvalue weighted by Gasteiger charge is -2.30. The molecule has 2 aliphatic carbocycles. The number of aliphatic hydroxyl groups excluding tert-OH is 1. The molecular weight excluding hydrogens is 240 g/mol. The number of nitrogens with zero attached hydrogens (tertiary/aromatic N) is 1. The third-order valence-corrected chi connectivity index (χ3v) is 4.57. The first kappa shape index (κ1) is 14.6. The number of carbonyl (C=O) groups is 1. The largest absolute Gasteiger partial charge is 0.395 e. The van der Waals surface area contributed by atoms with Gasteiger partial charge in [-0.1, -0.05) is 32.6 Å². The molecule has 2 fully saturated rings. The molecule has 0 heterocycles. The molecule has 0 aromatic rings. The predicted molar refractivity (Wildman–Crippen MR) is 76.0 cm³/mol. The zero-order chi connectivity index (χ0) is 13.7. The van der Waals surface area contributed by atoms with Crippen LogP contribution in [0.5, 0.6) is 0 Å². The van der Waals surface area contributed by atoms with Crippen LogP contribution in [-0.4, -0.2) is 41.8 Å². The van der Waals surface area contributed by atoms with Gasteiger partial charge in [-0.05, 0) is 31.1 Å². The first-order valence-corrected chi connectivity index (χ1v) is 7.80. The van der Waals surface area contributed by atoms with Gasteiger partial charge in [0.25, 0.3) is 0 Å². The number of hydrogen-bond donors (Lipinski definition) is 2. The number of nitrogens with one attached hydrogen (secondary N) is 1. The fourth-order valence-corrected chi connectivity index (χ4v) is 3.09. The van der Waals surface area contributed by atoms with E-state index in [1.165, 1.54) is 38.5 Å². The third-order valence-electron chi connectivity index (χ3n) is 4.57. The quantitative estimate of drug-likeness (QED) is 0.753. The maximum Gasteiger partial charge on any atom is 0.317 e. The van der Waals surface area contributed by atoms with Crippen LogP contribution in [0.4, 0.5) is 4.79 Å². The summed E-state index contributed by atoms with van der Waals surface area (Å²) < 4.78 is 0. The summed E-state index contributed by atoms with van der Waals surface area (Å²) in [6, 6.07) is 0.385. The van der Waals surface area contributed by atoms with Crippen molar-refractivity contribution < 1.29 is 9.90 Å². The van der Waals surface area contributed by atoms with E-state index >= 15 is 0 Å². The highest BCUT2D eigenvalue weighted by Gasteiger charge is 2.33. The maximum atomic E-state index is 12.2. The number of hydrogen-bond acceptors (Lipinski definition) is 2. The van der Waals surface area contributed by atoms with E-state index in [1.54, 1.807) is 4.90 Å². The van der Waals surface area contributed by atoms with E-state index in [4.69, 9.17) is 5.11 Å². The van der Waals surface area contributed by atoms with E-state index in [9.17, 15) is 4.79 Å². The summed E-state index contributed by atoms with van der Waals surface area (Å²) in [6.45, 7) is 3.60. The Morgan fingerprint density at radius 2 is 1.89 bits per heavy atom. The van der Waals surface area contributed by atoms with Crippen molar-refractivity contribution in [2.45, 2.75) is 64.3 Å². The molecule has 0 atom stereocenters. The molecule has 2 rings (SSSR count). The average Bonchev–Trinajstić information content (AvgIpc) is 3.21. The van der Waals surface area contributed by atoms with E-state index in [2.05, 4.69) is 12.2 Å². The van der Waals surface area contributed by atoms with Gasteiger partial charge in [0.15, 0.2) is 0 Å². The van der Waals surface area contributed by atoms with Crippen LogP contribution in [0.3, 0.4) is 0 Å². The van der Waals surface area contributed by atoms with E-state index < -0.39 is 0 Å². The van der Waals surface area contributed by atoms with Gasteiger partial charge in [0.05, 0.1) is 6.61 Å². The van der Waals surface area contributed by atoms with Crippen molar-refractivity contribution in [3.63, 3.8) is 0 Å². The van der Waals surface area contributed by atoms with Gasteiger partial charge in [-0.15, -0.1) is 0 Å². The minimum Gasteiger partial charge on any atom is -0.395 e. The van der Waals surface area contributed by atoms with Crippen LogP contribution in [0, 0.1) is 5.41 Å². The van der Waals surface area contributed by atoms with E-state index in [0.717, 1.165) is 19.4 Å². The Labute approximate surface area is 116 Å². The SMILES string of the molecule is CC1(CNC(=O)N(CCO)C2CC2)CCCCCC1. The Morgan fingerprint density at radius 3 is 2.42 bits per heavy atom. The standard InChI is InChI=1S/C15H28N2O2/c1-15(8-4-2-3-5-9-15)12-16-14(19)17(10-11-18)13-6-7-13/h13,18H,2-12H2,1H3,(H,16,19). The second kappa shape index (κ2) is 6.60. The lowest BCUT2D eigenvalue weighted by molar-refractivity contribution is 0.166. The summed E-state index contributed by atoms with van der Waals surface area (Å²) in [5, 5.41) is 12.1. The fraction of sp³-hybridized carbons (Fsp3) is 0.933. The monoisotopic (exact) mass is 268 g/mol. The van der Waals surface area contributed by atoms with Crippen LogP contribution in [0.1, 0.15) is 58.3 Å². The van der Waals surface area contributed by atoms with Gasteiger partial charge in [-0.2, -0.15) is 0 Å². The molecule has 4 heteroatoms. The molecule has 2 N–H and O–H groups in total. The van der Waals surface area contributed by atoms with Crippen molar-refractivity contribution in [3.8, 4) is 0 Å². The van der Waals surface area contributed by atoms with Gasteiger partial charge in [-0.3, -0.25) is 0 Å². The average molecular weight is 268 g/mol. The normalized spacial score (nSPS) is 22.6. The van der Waals surface area contributed by atoms with Gasteiger partial charge in [-0.25, -0.2) is 4.79 Å². The fourth-order valence-electron chi connectivity index (χ4n) is 3.09. The summed E-state index contributed by atoms with van der Waals surface area (Å²) >= 11 is 0. The topological polar surface area (TPSA) is 52.6 Å². The zero-order valence-corrected chi connectivity index (χ0v) is 12.2. The van der Waals surface area contributed by atoms with Crippen molar-refractivity contribution >= 4 is 6.03 Å². The highest BCUT2D eigenvalue weighted by molar-refractivity contribution is 5.75. The lowest BCUT2D eigenvalue weighted by Crippen LogP contribution is -2.46. The number of aliphatic hydroxyl groups is 1. The summed E-state index contributed by atoms with van der Waals surface area (Å²) in [5.74, 6) is 0. The Kier molecular flexibility index (Phi) is 5.08. The van der Waals surface area contributed by atoms with E-state index in [0.29, 0.717) is 12.6 Å². The van der Waals surface area contributed by atoms with Crippen molar-refractivity contribution in [2.75, 3.05) is 19.7 Å². The molecule has 0 spiro atoms. The number of urea groups is 1. The molecule has 0 radical (unpaired) electrons. The molecule has 0 aliphatic heterocycles. The van der Waals surface area contributed by atoms with Gasteiger partial charge >= 0.3 is 6.03 Å². The Morgan fingerprint density at radius 1 is 1.26 bits per heavy atom. The van der Waals surface area contributed by atoms with Gasteiger partial charge in [0, 0.05) is 19.1 Å². The molecule has 0 unspecified atom stereocenters. The second-order valence-corrected chi connectivity index (χ2v) is 6.53. The minimum atomic E-state index is 0.0158. The minimum absolute atomic E-state index is 0.0158. The Hall–Kier alpha value is -0.770. The van der Waals surface area contributed by atoms with Crippen LogP contribution in [-0.2, 0) is 0 Å². The molecule has 19 heavy (non-hydrogen) atoms. The molecule has 2 aliphatic rings. The molecule has 2 saturated carbocycles. The number of carbonyl (C=O) groups excluding carboxylic acids is 1. The third kappa shape index (κ3) is 4.37. The first-order chi connectivity index (χ1) is 9.14. The molecule has 2 amide bonds. The molecule has 110 valence electrons. The number of amides is 2. The van der Waals surface area contributed by atoms with Crippen LogP contribution in [0.2, 0.25) is 0 Å². The smallest absolute Gasteiger partial charge is 0.317 e. The summed E-state index contributed by atoms with van der Waals surface area (Å²) in [6.07, 6.45) is 9.86. The van der Waals surface area contributed by atoms with Gasteiger partial charge in [0.2, 0.25) is 0 Å². The van der Waals surface area contributed by atoms with Gasteiger partial charge in [0.1, 0.15) is 0 Å². The van der Waals surface area contributed by atoms with Gasteiger partial charge < -0.3 is 15.3 Å². The van der Waals surface area contributed by atoms with Crippen LogP contribution in [0.15, 0.2) is 0 Å². The second-order valence-electron chi connectivity index (χ2n) is 6.53. The van der Waals surface area contributed by atoms with Crippen LogP contribution in [0.25, 0.3) is 0 Å². The summed E-state index contributed by atoms with van der Waals surface area (Å²) in [4.78, 5) is 14.0. The first-order valence-electron chi connectivity index (χ1n) is 7.80. The van der Waals surface area contributed by atoms with Crippen molar-refractivity contribution in [1.29, 1.82) is 0 Å². The Bertz CT molecular complexity index is 295. The van der Waals surface area contributed by atoms with Crippen molar-refractivity contribution in [2.24, 2.45) is 5.41 Å². The van der Waals surface area contributed by atoms with E-state index in [1.807, 2.05) is 0 Å². The van der Waals surface area contributed by atoms with Crippen LogP contribution < -0.4 is 5.32 Å². The van der Waals surface area contributed by atoms with Crippen molar-refractivity contribution in [3.05, 3.63) is 0 Å². The predicted octanol–water partition coefficient (Wildman–Crippen LogP) is 2.51. The highest BCUT2D eigenvalue weighted by atomic mass is 16.3. The molecule has 0 saturated heterocycles. The summed E-state index contributed by atoms with van der Waals surface area (Å²) in [7, 11) is 0. The van der Waals surface area contributed by atoms with Crippen LogP contribution >= 0.6 is 0 Å². The zero-order valence-electron chi connectivity index (χ0n) is 12.2. The maximum absolute atomic E-state index is 12.2. The Balaban J connectivity index is 1.80. The molecule has 0 aromatic heterocycles. The van der Waals surface area contributed by atoms with Crippen molar-refractivity contribution in [1.82, 2.24) is 10.2 Å². The number of rotatable bonds is 5. The molecular formula is C15H28N2O2. The highest BCUT2D eigenvalue weighted by Crippen LogP contribution is 2.34. The van der Waals surface area contributed by atoms with E-state index in [-0.39, 0.29) is 18.1 Å². The lowest BCUT2D eigenvalue weighted by atomic mass is 9.82. The molecule has 0 bridgehead atoms. The summed E-state index contributed by atoms with van der Waals surface area (Å²) in [5.41, 5.74) is 0.264. The molecule has 0 aromatic carbocycles. The molecule has 4 nitrogen and oxygen atoms in total.